The average Bonchev–Trinajstić information content (AvgIpc) is 3.01. The number of nitrogens with two attached hydrogens (primary N) is 1. The van der Waals surface area contributed by atoms with Gasteiger partial charge in [-0.25, -0.2) is 0 Å². The van der Waals surface area contributed by atoms with Crippen molar-refractivity contribution in [3.63, 3.8) is 0 Å². The molecule has 2 rings (SSSR count). The summed E-state index contributed by atoms with van der Waals surface area (Å²) in [5.74, 6) is 0.968. The number of carbonyl (C=O) groups excluding carboxylic acids is 1. The molecule has 0 bridgehead atoms. The van der Waals surface area contributed by atoms with Crippen molar-refractivity contribution in [2.24, 2.45) is 11.7 Å². The third-order valence-electron chi connectivity index (χ3n) is 4.19. The van der Waals surface area contributed by atoms with E-state index in [9.17, 15) is 4.79 Å². The third-order valence-corrected chi connectivity index (χ3v) is 4.19. The average molecular weight is 293 g/mol. The summed E-state index contributed by atoms with van der Waals surface area (Å²) in [5.41, 5.74) is 5.89. The Bertz CT molecular complexity index is 425. The lowest BCUT2D eigenvalue weighted by molar-refractivity contribution is -0.123. The number of furan rings is 1. The second kappa shape index (κ2) is 7.61. The standard InChI is InChI=1S/C16H27N3O2/c1-12(2)15(17)16(20)18-11-13(14-7-6-10-21-14)19-8-4-3-5-9-19/h6-7,10,12-13,15H,3-5,8-9,11,17H2,1-2H3,(H,18,20)/t13?,15-/m0/s1. The van der Waals surface area contributed by atoms with E-state index >= 15 is 0 Å². The minimum atomic E-state index is -0.455. The number of piperidine rings is 1. The molecule has 1 aromatic heterocycles. The van der Waals surface area contributed by atoms with Crippen molar-refractivity contribution in [2.45, 2.75) is 45.2 Å². The molecular weight excluding hydrogens is 266 g/mol. The molecule has 1 aliphatic heterocycles. The van der Waals surface area contributed by atoms with Crippen molar-refractivity contribution in [1.82, 2.24) is 10.2 Å². The first-order valence-corrected chi connectivity index (χ1v) is 7.90. The van der Waals surface area contributed by atoms with Crippen molar-refractivity contribution in [1.29, 1.82) is 0 Å². The molecule has 2 heterocycles. The third kappa shape index (κ3) is 4.32. The van der Waals surface area contributed by atoms with Gasteiger partial charge in [0.25, 0.3) is 0 Å². The number of nitrogens with one attached hydrogen (secondary N) is 1. The summed E-state index contributed by atoms with van der Waals surface area (Å²) < 4.78 is 5.56. The predicted octanol–water partition coefficient (Wildman–Crippen LogP) is 1.91. The molecule has 1 fully saturated rings. The van der Waals surface area contributed by atoms with Gasteiger partial charge in [-0.05, 0) is 44.0 Å². The monoisotopic (exact) mass is 293 g/mol. The summed E-state index contributed by atoms with van der Waals surface area (Å²) >= 11 is 0. The molecule has 1 saturated heterocycles. The highest BCUT2D eigenvalue weighted by molar-refractivity contribution is 5.81. The molecule has 0 spiro atoms. The van der Waals surface area contributed by atoms with Crippen LogP contribution in [0.15, 0.2) is 22.8 Å². The van der Waals surface area contributed by atoms with Gasteiger partial charge in [0.15, 0.2) is 0 Å². The summed E-state index contributed by atoms with van der Waals surface area (Å²) in [7, 11) is 0. The van der Waals surface area contributed by atoms with E-state index in [1.165, 1.54) is 19.3 Å². The molecule has 5 nitrogen and oxygen atoms in total. The second-order valence-electron chi connectivity index (χ2n) is 6.14. The number of hydrogen-bond donors (Lipinski definition) is 2. The van der Waals surface area contributed by atoms with Crippen molar-refractivity contribution in [2.75, 3.05) is 19.6 Å². The van der Waals surface area contributed by atoms with Gasteiger partial charge in [-0.3, -0.25) is 9.69 Å². The highest BCUT2D eigenvalue weighted by Gasteiger charge is 2.26. The van der Waals surface area contributed by atoms with Crippen LogP contribution < -0.4 is 11.1 Å². The van der Waals surface area contributed by atoms with Crippen LogP contribution in [0.2, 0.25) is 0 Å². The molecule has 3 N–H and O–H groups in total. The summed E-state index contributed by atoms with van der Waals surface area (Å²) in [4.78, 5) is 14.4. The Hall–Kier alpha value is -1.33. The number of hydrogen-bond acceptors (Lipinski definition) is 4. The van der Waals surface area contributed by atoms with Crippen LogP contribution in [0.25, 0.3) is 0 Å². The zero-order chi connectivity index (χ0) is 15.2. The summed E-state index contributed by atoms with van der Waals surface area (Å²) in [6.07, 6.45) is 5.38. The maximum absolute atomic E-state index is 12.1. The smallest absolute Gasteiger partial charge is 0.237 e. The molecule has 0 saturated carbocycles. The second-order valence-corrected chi connectivity index (χ2v) is 6.14. The lowest BCUT2D eigenvalue weighted by atomic mass is 10.0. The number of amides is 1. The van der Waals surface area contributed by atoms with Crippen LogP contribution in [-0.4, -0.2) is 36.5 Å². The zero-order valence-corrected chi connectivity index (χ0v) is 13.0. The van der Waals surface area contributed by atoms with Gasteiger partial charge >= 0.3 is 0 Å². The Morgan fingerprint density at radius 1 is 1.38 bits per heavy atom. The highest BCUT2D eigenvalue weighted by Crippen LogP contribution is 2.24. The van der Waals surface area contributed by atoms with E-state index in [4.69, 9.17) is 10.2 Å². The maximum Gasteiger partial charge on any atom is 0.237 e. The summed E-state index contributed by atoms with van der Waals surface area (Å²) in [6, 6.07) is 3.52. The highest BCUT2D eigenvalue weighted by atomic mass is 16.3. The number of rotatable bonds is 6. The maximum atomic E-state index is 12.1. The van der Waals surface area contributed by atoms with E-state index in [1.807, 2.05) is 26.0 Å². The van der Waals surface area contributed by atoms with E-state index in [2.05, 4.69) is 10.2 Å². The molecule has 1 aliphatic rings. The minimum absolute atomic E-state index is 0.0847. The van der Waals surface area contributed by atoms with Crippen molar-refractivity contribution in [3.05, 3.63) is 24.2 Å². The van der Waals surface area contributed by atoms with Gasteiger partial charge in [0.2, 0.25) is 5.91 Å². The van der Waals surface area contributed by atoms with Gasteiger partial charge in [0, 0.05) is 6.54 Å². The lowest BCUT2D eigenvalue weighted by Crippen LogP contribution is -2.47. The van der Waals surface area contributed by atoms with Gasteiger partial charge in [0.05, 0.1) is 18.3 Å². The lowest BCUT2D eigenvalue weighted by Gasteiger charge is -2.33. The van der Waals surface area contributed by atoms with Crippen LogP contribution in [0, 0.1) is 5.92 Å². The van der Waals surface area contributed by atoms with E-state index in [0.717, 1.165) is 18.8 Å². The van der Waals surface area contributed by atoms with Gasteiger partial charge in [-0.2, -0.15) is 0 Å². The largest absolute Gasteiger partial charge is 0.468 e. The molecular formula is C16H27N3O2. The van der Waals surface area contributed by atoms with Crippen molar-refractivity contribution < 1.29 is 9.21 Å². The molecule has 0 radical (unpaired) electrons. The molecule has 1 unspecified atom stereocenters. The first-order valence-electron chi connectivity index (χ1n) is 7.90. The van der Waals surface area contributed by atoms with E-state index in [1.54, 1.807) is 6.26 Å². The summed E-state index contributed by atoms with van der Waals surface area (Å²) in [5, 5.41) is 2.98. The Morgan fingerprint density at radius 3 is 2.67 bits per heavy atom. The summed E-state index contributed by atoms with van der Waals surface area (Å²) in [6.45, 7) is 6.57. The fraction of sp³-hybridized carbons (Fsp3) is 0.688. The first kappa shape index (κ1) is 16.0. The van der Waals surface area contributed by atoms with Crippen LogP contribution in [0.5, 0.6) is 0 Å². The quantitative estimate of drug-likeness (QED) is 0.840. The van der Waals surface area contributed by atoms with E-state index in [0.29, 0.717) is 6.54 Å². The topological polar surface area (TPSA) is 71.5 Å². The first-order chi connectivity index (χ1) is 10.1. The van der Waals surface area contributed by atoms with Gasteiger partial charge in [-0.1, -0.05) is 20.3 Å². The van der Waals surface area contributed by atoms with Crippen LogP contribution >= 0.6 is 0 Å². The zero-order valence-electron chi connectivity index (χ0n) is 13.0. The normalized spacial score (nSPS) is 19.4. The molecule has 21 heavy (non-hydrogen) atoms. The number of nitrogens with zero attached hydrogens (tertiary/aromatic N) is 1. The minimum Gasteiger partial charge on any atom is -0.468 e. The molecule has 5 heteroatoms. The van der Waals surface area contributed by atoms with Crippen LogP contribution in [-0.2, 0) is 4.79 Å². The molecule has 0 aromatic carbocycles. The van der Waals surface area contributed by atoms with Gasteiger partial charge in [-0.15, -0.1) is 0 Å². The predicted molar refractivity (Wildman–Crippen MR) is 82.7 cm³/mol. The van der Waals surface area contributed by atoms with Crippen LogP contribution in [0.4, 0.5) is 0 Å². The fourth-order valence-electron chi connectivity index (χ4n) is 2.74. The van der Waals surface area contributed by atoms with E-state index < -0.39 is 6.04 Å². The number of carbonyl (C=O) groups is 1. The Morgan fingerprint density at radius 2 is 2.10 bits per heavy atom. The SMILES string of the molecule is CC(C)[C@H](N)C(=O)NCC(c1ccco1)N1CCCCC1. The van der Waals surface area contributed by atoms with Gasteiger partial charge in [0.1, 0.15) is 5.76 Å². The molecule has 118 valence electrons. The Balaban J connectivity index is 1.98. The number of likely N-dealkylation sites (tertiary alicyclic amines) is 1. The van der Waals surface area contributed by atoms with Crippen LogP contribution in [0.1, 0.15) is 44.9 Å². The van der Waals surface area contributed by atoms with Gasteiger partial charge < -0.3 is 15.5 Å². The van der Waals surface area contributed by atoms with Crippen molar-refractivity contribution in [3.8, 4) is 0 Å². The molecule has 1 aromatic rings. The molecule has 0 aliphatic carbocycles. The Kier molecular flexibility index (Phi) is 5.82. The van der Waals surface area contributed by atoms with E-state index in [-0.39, 0.29) is 17.9 Å². The fourth-order valence-corrected chi connectivity index (χ4v) is 2.74. The van der Waals surface area contributed by atoms with Crippen molar-refractivity contribution >= 4 is 5.91 Å². The molecule has 2 atom stereocenters. The molecule has 1 amide bonds. The van der Waals surface area contributed by atoms with Crippen LogP contribution in [0.3, 0.4) is 0 Å². The Labute approximate surface area is 126 Å².